The van der Waals surface area contributed by atoms with Crippen molar-refractivity contribution in [2.24, 2.45) is 0 Å². The van der Waals surface area contributed by atoms with E-state index >= 15 is 0 Å². The lowest BCUT2D eigenvalue weighted by atomic mass is 10.2. The zero-order valence-corrected chi connectivity index (χ0v) is 10.1. The lowest BCUT2D eigenvalue weighted by Gasteiger charge is -2.10. The van der Waals surface area contributed by atoms with Crippen LogP contribution in [-0.2, 0) is 0 Å². The number of aromatic carboxylic acids is 1. The van der Waals surface area contributed by atoms with Crippen LogP contribution in [0.15, 0.2) is 30.6 Å². The van der Waals surface area contributed by atoms with E-state index in [1.165, 1.54) is 0 Å². The molecular weight excluding hydrogens is 228 g/mol. The van der Waals surface area contributed by atoms with Crippen LogP contribution in [0.4, 0.5) is 0 Å². The van der Waals surface area contributed by atoms with Gasteiger partial charge in [-0.3, -0.25) is 4.98 Å². The van der Waals surface area contributed by atoms with Crippen LogP contribution < -0.4 is 0 Å². The first-order chi connectivity index (χ1) is 8.68. The largest absolute Gasteiger partial charge is 0.478 e. The molecule has 0 spiro atoms. The third-order valence-corrected chi connectivity index (χ3v) is 3.41. The quantitative estimate of drug-likeness (QED) is 0.900. The first-order valence-electron chi connectivity index (χ1n) is 6.04. The van der Waals surface area contributed by atoms with Gasteiger partial charge in [-0.1, -0.05) is 0 Å². The maximum Gasteiger partial charge on any atom is 0.337 e. The molecule has 2 aromatic heterocycles. The van der Waals surface area contributed by atoms with Gasteiger partial charge in [0.1, 0.15) is 0 Å². The van der Waals surface area contributed by atoms with E-state index in [1.807, 2.05) is 19.1 Å². The van der Waals surface area contributed by atoms with Gasteiger partial charge in [0, 0.05) is 35.4 Å². The summed E-state index contributed by atoms with van der Waals surface area (Å²) in [6, 6.07) is 6.06. The van der Waals surface area contributed by atoms with Crippen molar-refractivity contribution in [3.8, 4) is 11.3 Å². The van der Waals surface area contributed by atoms with Crippen LogP contribution in [0, 0.1) is 6.92 Å². The average Bonchev–Trinajstić information content (AvgIpc) is 3.14. The lowest BCUT2D eigenvalue weighted by molar-refractivity contribution is 0.0696. The Morgan fingerprint density at radius 3 is 2.61 bits per heavy atom. The smallest absolute Gasteiger partial charge is 0.337 e. The predicted octanol–water partition coefficient (Wildman–Crippen LogP) is 2.89. The molecule has 0 amide bonds. The molecule has 0 aromatic carbocycles. The molecule has 2 heterocycles. The van der Waals surface area contributed by atoms with Gasteiger partial charge < -0.3 is 9.67 Å². The summed E-state index contributed by atoms with van der Waals surface area (Å²) in [7, 11) is 0. The summed E-state index contributed by atoms with van der Waals surface area (Å²) in [5, 5.41) is 9.23. The molecule has 18 heavy (non-hydrogen) atoms. The van der Waals surface area contributed by atoms with Crippen molar-refractivity contribution >= 4 is 5.97 Å². The summed E-state index contributed by atoms with van der Waals surface area (Å²) in [6.45, 7) is 1.88. The maximum atomic E-state index is 11.2. The fourth-order valence-corrected chi connectivity index (χ4v) is 2.39. The van der Waals surface area contributed by atoms with E-state index in [4.69, 9.17) is 0 Å². The number of carboxylic acid groups (broad SMARTS) is 1. The summed E-state index contributed by atoms with van der Waals surface area (Å²) in [5.74, 6) is -0.859. The number of carboxylic acids is 1. The highest BCUT2D eigenvalue weighted by atomic mass is 16.4. The molecule has 1 saturated carbocycles. The van der Waals surface area contributed by atoms with Crippen molar-refractivity contribution in [3.05, 3.63) is 41.9 Å². The van der Waals surface area contributed by atoms with Crippen molar-refractivity contribution in [2.45, 2.75) is 25.8 Å². The zero-order chi connectivity index (χ0) is 12.7. The maximum absolute atomic E-state index is 11.2. The van der Waals surface area contributed by atoms with Crippen LogP contribution in [0.5, 0.6) is 0 Å². The van der Waals surface area contributed by atoms with Gasteiger partial charge in [-0.2, -0.15) is 0 Å². The van der Waals surface area contributed by atoms with Gasteiger partial charge in [-0.05, 0) is 38.0 Å². The number of aromatic nitrogens is 2. The Kier molecular flexibility index (Phi) is 2.44. The molecule has 0 radical (unpaired) electrons. The van der Waals surface area contributed by atoms with E-state index in [9.17, 15) is 9.90 Å². The van der Waals surface area contributed by atoms with E-state index in [1.54, 1.807) is 18.5 Å². The van der Waals surface area contributed by atoms with Crippen LogP contribution in [0.2, 0.25) is 0 Å². The summed E-state index contributed by atoms with van der Waals surface area (Å²) >= 11 is 0. The first kappa shape index (κ1) is 11.0. The molecular formula is C14H14N2O2. The highest BCUT2D eigenvalue weighted by Crippen LogP contribution is 2.41. The zero-order valence-electron chi connectivity index (χ0n) is 10.1. The monoisotopic (exact) mass is 242 g/mol. The van der Waals surface area contributed by atoms with Gasteiger partial charge >= 0.3 is 5.97 Å². The molecule has 0 saturated heterocycles. The molecule has 2 aromatic rings. The highest BCUT2D eigenvalue weighted by Gasteiger charge is 2.29. The predicted molar refractivity (Wildman–Crippen MR) is 67.6 cm³/mol. The fourth-order valence-electron chi connectivity index (χ4n) is 2.39. The minimum Gasteiger partial charge on any atom is -0.478 e. The minimum absolute atomic E-state index is 0.397. The van der Waals surface area contributed by atoms with Gasteiger partial charge in [-0.15, -0.1) is 0 Å². The number of pyridine rings is 1. The van der Waals surface area contributed by atoms with Crippen molar-refractivity contribution in [2.75, 3.05) is 0 Å². The second kappa shape index (κ2) is 3.98. The Hall–Kier alpha value is -2.10. The number of rotatable bonds is 3. The third-order valence-electron chi connectivity index (χ3n) is 3.41. The molecule has 1 aliphatic rings. The highest BCUT2D eigenvalue weighted by molar-refractivity contribution is 5.91. The second-order valence-electron chi connectivity index (χ2n) is 4.67. The Labute approximate surface area is 105 Å². The van der Waals surface area contributed by atoms with Crippen molar-refractivity contribution in [1.29, 1.82) is 0 Å². The summed E-state index contributed by atoms with van der Waals surface area (Å²) in [6.07, 6.45) is 5.73. The van der Waals surface area contributed by atoms with Crippen LogP contribution in [0.3, 0.4) is 0 Å². The van der Waals surface area contributed by atoms with E-state index in [2.05, 4.69) is 9.55 Å². The standard InChI is InChI=1S/C14H14N2O2/c1-9-12(14(17)18)8-13(16(9)11-2-3-11)10-4-6-15-7-5-10/h4-8,11H,2-3H2,1H3,(H,17,18). The molecule has 92 valence electrons. The topological polar surface area (TPSA) is 55.1 Å². The second-order valence-corrected chi connectivity index (χ2v) is 4.67. The summed E-state index contributed by atoms with van der Waals surface area (Å²) < 4.78 is 2.15. The van der Waals surface area contributed by atoms with Crippen molar-refractivity contribution in [3.63, 3.8) is 0 Å². The summed E-state index contributed by atoms with van der Waals surface area (Å²) in [5.41, 5.74) is 3.24. The Morgan fingerprint density at radius 1 is 1.39 bits per heavy atom. The van der Waals surface area contributed by atoms with Gasteiger partial charge in [-0.25, -0.2) is 4.79 Å². The molecule has 0 aliphatic heterocycles. The lowest BCUT2D eigenvalue weighted by Crippen LogP contribution is -2.02. The van der Waals surface area contributed by atoms with Gasteiger partial charge in [0.2, 0.25) is 0 Å². The normalized spacial score (nSPS) is 14.7. The molecule has 4 heteroatoms. The van der Waals surface area contributed by atoms with Crippen molar-refractivity contribution in [1.82, 2.24) is 9.55 Å². The molecule has 4 nitrogen and oxygen atoms in total. The molecule has 1 fully saturated rings. The SMILES string of the molecule is Cc1c(C(=O)O)cc(-c2ccncc2)n1C1CC1. The van der Waals surface area contributed by atoms with Crippen LogP contribution in [0.25, 0.3) is 11.3 Å². The minimum atomic E-state index is -0.859. The molecule has 3 rings (SSSR count). The van der Waals surface area contributed by atoms with Crippen LogP contribution in [-0.4, -0.2) is 20.6 Å². The van der Waals surface area contributed by atoms with E-state index in [-0.39, 0.29) is 0 Å². The number of nitrogens with zero attached hydrogens (tertiary/aromatic N) is 2. The van der Waals surface area contributed by atoms with Crippen LogP contribution >= 0.6 is 0 Å². The van der Waals surface area contributed by atoms with Gasteiger partial charge in [0.05, 0.1) is 5.56 Å². The van der Waals surface area contributed by atoms with Crippen molar-refractivity contribution < 1.29 is 9.90 Å². The average molecular weight is 242 g/mol. The number of carbonyl (C=O) groups is 1. The number of hydrogen-bond donors (Lipinski definition) is 1. The summed E-state index contributed by atoms with van der Waals surface area (Å²) in [4.78, 5) is 15.2. The third kappa shape index (κ3) is 1.70. The molecule has 1 N–H and O–H groups in total. The van der Waals surface area contributed by atoms with E-state index in [0.29, 0.717) is 11.6 Å². The molecule has 0 atom stereocenters. The van der Waals surface area contributed by atoms with Gasteiger partial charge in [0.25, 0.3) is 0 Å². The molecule has 0 unspecified atom stereocenters. The van der Waals surface area contributed by atoms with Crippen LogP contribution in [0.1, 0.15) is 34.9 Å². The Bertz CT molecular complexity index is 598. The van der Waals surface area contributed by atoms with E-state index < -0.39 is 5.97 Å². The molecule has 1 aliphatic carbocycles. The van der Waals surface area contributed by atoms with E-state index in [0.717, 1.165) is 29.8 Å². The fraction of sp³-hybridized carbons (Fsp3) is 0.286. The Morgan fingerprint density at radius 2 is 2.06 bits per heavy atom. The molecule has 0 bridgehead atoms. The Balaban J connectivity index is 2.19. The number of hydrogen-bond acceptors (Lipinski definition) is 2. The van der Waals surface area contributed by atoms with Gasteiger partial charge in [0.15, 0.2) is 0 Å². The first-order valence-corrected chi connectivity index (χ1v) is 6.04.